The number of para-hydroxylation sites is 2. The first-order chi connectivity index (χ1) is 36.1. The summed E-state index contributed by atoms with van der Waals surface area (Å²) in [6.45, 7) is 2.11. The number of nitrogens with zero attached hydrogens (tertiary/aromatic N) is 4. The molecule has 9 aromatic carbocycles. The lowest BCUT2D eigenvalue weighted by Gasteiger charge is -2.31. The average Bonchev–Trinajstić information content (AvgIpc) is 3.97. The van der Waals surface area contributed by atoms with Gasteiger partial charge >= 0.3 is 0 Å². The molecule has 2 aliphatic carbocycles. The first kappa shape index (κ1) is 43.7. The summed E-state index contributed by atoms with van der Waals surface area (Å²) in [5, 5.41) is 4.82. The molecule has 0 fully saturated rings. The minimum atomic E-state index is 0.242. The fraction of sp³-hybridized carbons (Fsp3) is 0.0725. The van der Waals surface area contributed by atoms with Crippen molar-refractivity contribution in [2.45, 2.75) is 31.7 Å². The Hall–Kier alpha value is -9.30. The summed E-state index contributed by atoms with van der Waals surface area (Å²) < 4.78 is 2.37. The normalized spacial score (nSPS) is 15.9. The zero-order valence-electron chi connectivity index (χ0n) is 40.7. The zero-order chi connectivity index (χ0) is 48.8. The van der Waals surface area contributed by atoms with E-state index in [0.29, 0.717) is 0 Å². The van der Waals surface area contributed by atoms with Crippen LogP contribution in [-0.2, 0) is 0 Å². The molecular formula is C69H52N4. The number of benzene rings is 9. The monoisotopic (exact) mass is 936 g/mol. The quantitative estimate of drug-likeness (QED) is 0.127. The summed E-state index contributed by atoms with van der Waals surface area (Å²) in [5.74, 6) is 3.22. The number of hydrogen-bond donors (Lipinski definition) is 0. The van der Waals surface area contributed by atoms with Gasteiger partial charge in [0.1, 0.15) is 0 Å². The molecule has 0 spiro atoms. The largest absolute Gasteiger partial charge is 0.337 e. The van der Waals surface area contributed by atoms with E-state index in [4.69, 9.17) is 6.42 Å². The van der Waals surface area contributed by atoms with Gasteiger partial charge in [-0.2, -0.15) is 0 Å². The summed E-state index contributed by atoms with van der Waals surface area (Å²) in [6, 6.07) is 75.2. The van der Waals surface area contributed by atoms with E-state index in [0.717, 1.165) is 74.9 Å². The van der Waals surface area contributed by atoms with Crippen molar-refractivity contribution < 1.29 is 0 Å². The number of fused-ring (bicyclic) bond motifs is 7. The summed E-state index contributed by atoms with van der Waals surface area (Å²) >= 11 is 0. The first-order valence-electron chi connectivity index (χ1n) is 25.4. The molecule has 0 radical (unpaired) electrons. The van der Waals surface area contributed by atoms with Gasteiger partial charge in [0.05, 0.1) is 28.5 Å². The van der Waals surface area contributed by atoms with Gasteiger partial charge in [-0.3, -0.25) is 0 Å². The van der Waals surface area contributed by atoms with Gasteiger partial charge in [0.2, 0.25) is 0 Å². The van der Waals surface area contributed by atoms with E-state index in [2.05, 4.69) is 275 Å². The van der Waals surface area contributed by atoms with Crippen LogP contribution in [0, 0.1) is 12.3 Å². The molecule has 2 heterocycles. The number of rotatable bonds is 10. The molecule has 10 aromatic rings. The van der Waals surface area contributed by atoms with Crippen LogP contribution in [0.25, 0.3) is 55.1 Å². The Morgan fingerprint density at radius 1 is 0.589 bits per heavy atom. The zero-order valence-corrected chi connectivity index (χ0v) is 40.7. The maximum absolute atomic E-state index is 6.19. The van der Waals surface area contributed by atoms with Gasteiger partial charge in [-0.05, 0) is 139 Å². The molecule has 0 amide bonds. The van der Waals surface area contributed by atoms with Crippen molar-refractivity contribution in [1.29, 1.82) is 0 Å². The van der Waals surface area contributed by atoms with Crippen molar-refractivity contribution in [2.24, 2.45) is 0 Å². The second-order valence-corrected chi connectivity index (χ2v) is 19.0. The summed E-state index contributed by atoms with van der Waals surface area (Å²) in [6.07, 6.45) is 26.4. The summed E-state index contributed by atoms with van der Waals surface area (Å²) in [4.78, 5) is 7.35. The highest BCUT2D eigenvalue weighted by Gasteiger charge is 2.39. The van der Waals surface area contributed by atoms with Gasteiger partial charge in [0.25, 0.3) is 0 Å². The van der Waals surface area contributed by atoms with Crippen LogP contribution in [0.3, 0.4) is 0 Å². The molecule has 2 atom stereocenters. The average molecular weight is 937 g/mol. The third-order valence-corrected chi connectivity index (χ3v) is 15.0. The molecule has 3 aliphatic rings. The van der Waals surface area contributed by atoms with E-state index in [1.807, 2.05) is 12.1 Å². The van der Waals surface area contributed by atoms with Crippen LogP contribution in [0.15, 0.2) is 261 Å². The summed E-state index contributed by atoms with van der Waals surface area (Å²) in [5.41, 5.74) is 18.1. The second-order valence-electron chi connectivity index (χ2n) is 19.0. The highest BCUT2D eigenvalue weighted by molar-refractivity contribution is 6.11. The number of terminal acetylenes is 1. The van der Waals surface area contributed by atoms with Crippen molar-refractivity contribution >= 4 is 72.4 Å². The smallest absolute Gasteiger partial charge is 0.0626 e. The van der Waals surface area contributed by atoms with Crippen molar-refractivity contribution in [3.8, 4) is 29.2 Å². The van der Waals surface area contributed by atoms with E-state index in [1.165, 1.54) is 49.5 Å². The number of hydrogen-bond acceptors (Lipinski definition) is 3. The highest BCUT2D eigenvalue weighted by Crippen LogP contribution is 2.50. The molecule has 1 aliphatic heterocycles. The van der Waals surface area contributed by atoms with E-state index in [1.54, 1.807) is 0 Å². The Kier molecular flexibility index (Phi) is 11.1. The Labute approximate surface area is 427 Å². The van der Waals surface area contributed by atoms with Crippen LogP contribution in [0.1, 0.15) is 42.4 Å². The highest BCUT2D eigenvalue weighted by atomic mass is 15.2. The molecule has 0 saturated carbocycles. The lowest BCUT2D eigenvalue weighted by Crippen LogP contribution is -2.32. The molecule has 1 aromatic heterocycles. The van der Waals surface area contributed by atoms with Crippen LogP contribution in [0.4, 0.5) is 34.1 Å². The molecule has 0 N–H and O–H groups in total. The maximum Gasteiger partial charge on any atom is 0.0626 e. The van der Waals surface area contributed by atoms with Gasteiger partial charge in [-0.25, -0.2) is 0 Å². The third-order valence-electron chi connectivity index (χ3n) is 15.0. The minimum absolute atomic E-state index is 0.242. The third kappa shape index (κ3) is 7.57. The van der Waals surface area contributed by atoms with Crippen LogP contribution in [0.2, 0.25) is 0 Å². The number of allylic oxidation sites excluding steroid dienone is 7. The van der Waals surface area contributed by atoms with Crippen molar-refractivity contribution in [3.63, 3.8) is 0 Å². The lowest BCUT2D eigenvalue weighted by atomic mass is 9.91. The molecule has 73 heavy (non-hydrogen) atoms. The van der Waals surface area contributed by atoms with Crippen LogP contribution < -0.4 is 14.7 Å². The van der Waals surface area contributed by atoms with Gasteiger partial charge in [-0.1, -0.05) is 164 Å². The van der Waals surface area contributed by atoms with Gasteiger partial charge in [-0.15, -0.1) is 6.42 Å². The Balaban J connectivity index is 0.890. The fourth-order valence-corrected chi connectivity index (χ4v) is 11.7. The second kappa shape index (κ2) is 18.5. The topological polar surface area (TPSA) is 14.7 Å². The molecule has 0 bridgehead atoms. The first-order valence-corrected chi connectivity index (χ1v) is 25.4. The Morgan fingerprint density at radius 2 is 1.27 bits per heavy atom. The van der Waals surface area contributed by atoms with Gasteiger partial charge in [0, 0.05) is 73.0 Å². The van der Waals surface area contributed by atoms with Gasteiger partial charge in [0.15, 0.2) is 0 Å². The maximum atomic E-state index is 6.19. The predicted octanol–water partition coefficient (Wildman–Crippen LogP) is 17.9. The molecule has 2 unspecified atom stereocenters. The number of aromatic nitrogens is 1. The SMILES string of the molecule is C#Cc1ccccc1/C(=C\C)N(c1ccc(-c2ccc(N(c3ccc4c(c3)c3ccccc3n4-c3ccccc3)c3cccc4ccccc34)cc2)cc1)c1ccc2c(c1)C1C=CC=CC1N2C1=CC=CCC1. The summed E-state index contributed by atoms with van der Waals surface area (Å²) in [7, 11) is 0. The fourth-order valence-electron chi connectivity index (χ4n) is 11.7. The van der Waals surface area contributed by atoms with Crippen LogP contribution in [0.5, 0.6) is 0 Å². The molecule has 348 valence electrons. The molecular weight excluding hydrogens is 885 g/mol. The number of anilines is 6. The van der Waals surface area contributed by atoms with Crippen molar-refractivity contribution in [1.82, 2.24) is 4.57 Å². The van der Waals surface area contributed by atoms with E-state index < -0.39 is 0 Å². The minimum Gasteiger partial charge on any atom is -0.337 e. The van der Waals surface area contributed by atoms with Crippen LogP contribution >= 0.6 is 0 Å². The lowest BCUT2D eigenvalue weighted by molar-refractivity contribution is 0.701. The van der Waals surface area contributed by atoms with Crippen molar-refractivity contribution in [3.05, 3.63) is 277 Å². The van der Waals surface area contributed by atoms with E-state index in [9.17, 15) is 0 Å². The van der Waals surface area contributed by atoms with E-state index >= 15 is 0 Å². The van der Waals surface area contributed by atoms with Crippen LogP contribution in [-0.4, -0.2) is 10.6 Å². The molecule has 4 heteroatoms. The molecule has 0 saturated heterocycles. The molecule has 13 rings (SSSR count). The Morgan fingerprint density at radius 3 is 2.07 bits per heavy atom. The molecule has 4 nitrogen and oxygen atoms in total. The standard InChI is InChI=1S/C69H52N4/c1-3-48-20-11-13-27-58(48)64(4-2)70(56-42-44-68-62(46-56)60-29-15-17-31-66(60)72(68)52-23-7-5-8-24-52)54-38-34-49(35-39-54)50-36-40-55(41-37-50)71(65-33-19-22-51-21-12-14-28-59(51)65)57-43-45-69-63(47-57)61-30-16-18-32-67(61)73(69)53-25-9-6-10-26-53/h1,4-7,9-23,25-47,60,66H,8,24H2,2H3/b64-4+. The predicted molar refractivity (Wildman–Crippen MR) is 309 cm³/mol. The van der Waals surface area contributed by atoms with Crippen molar-refractivity contribution in [2.75, 3.05) is 14.7 Å². The van der Waals surface area contributed by atoms with E-state index in [-0.39, 0.29) is 12.0 Å². The Bertz CT molecular complexity index is 3950. The van der Waals surface area contributed by atoms with Gasteiger partial charge < -0.3 is 19.3 Å².